The van der Waals surface area contributed by atoms with Gasteiger partial charge in [-0.15, -0.1) is 10.2 Å². The molecule has 4 rings (SSSR count). The van der Waals surface area contributed by atoms with Crippen molar-refractivity contribution in [2.75, 3.05) is 0 Å². The summed E-state index contributed by atoms with van der Waals surface area (Å²) in [6.07, 6.45) is 5.64. The van der Waals surface area contributed by atoms with Crippen LogP contribution in [0.15, 0.2) is 34.6 Å². The lowest BCUT2D eigenvalue weighted by Gasteiger charge is -2.29. The van der Waals surface area contributed by atoms with Gasteiger partial charge in [-0.2, -0.15) is 0 Å². The van der Waals surface area contributed by atoms with Crippen LogP contribution in [0.5, 0.6) is 0 Å². The first kappa shape index (κ1) is 17.9. The number of rotatable bonds is 5. The standard InChI is InChI=1S/C17H20N6O3S/c1-22-9-18-21-17(22)27-15-5-2-10(6-14(15)23(25)26)16(24)20-13-7-11-3-4-12(8-13)19-11/h2,5-6,9,11-13,19H,3-4,7-8H2,1H3,(H,20,24). The van der Waals surface area contributed by atoms with Crippen LogP contribution in [0.2, 0.25) is 0 Å². The molecular weight excluding hydrogens is 368 g/mol. The fourth-order valence-corrected chi connectivity index (χ4v) is 4.64. The lowest BCUT2D eigenvalue weighted by Crippen LogP contribution is -2.48. The SMILES string of the molecule is Cn1cnnc1Sc1ccc(C(=O)NC2CC3CCC(C2)N3)cc1[N+](=O)[O-]. The van der Waals surface area contributed by atoms with Crippen LogP contribution < -0.4 is 10.6 Å². The van der Waals surface area contributed by atoms with Gasteiger partial charge in [0.05, 0.1) is 9.82 Å². The van der Waals surface area contributed by atoms with E-state index in [0.717, 1.165) is 37.4 Å². The van der Waals surface area contributed by atoms with E-state index in [2.05, 4.69) is 20.8 Å². The van der Waals surface area contributed by atoms with E-state index in [0.29, 0.717) is 27.7 Å². The van der Waals surface area contributed by atoms with Gasteiger partial charge in [-0.1, -0.05) is 0 Å². The van der Waals surface area contributed by atoms with Crippen LogP contribution in [-0.4, -0.2) is 43.7 Å². The van der Waals surface area contributed by atoms with Crippen LogP contribution in [0.3, 0.4) is 0 Å². The first-order valence-corrected chi connectivity index (χ1v) is 9.68. The molecular formula is C17H20N6O3S. The Kier molecular flexibility index (Phi) is 4.83. The highest BCUT2D eigenvalue weighted by atomic mass is 32.2. The maximum atomic E-state index is 12.6. The largest absolute Gasteiger partial charge is 0.349 e. The highest BCUT2D eigenvalue weighted by molar-refractivity contribution is 7.99. The fraction of sp³-hybridized carbons (Fsp3) is 0.471. The third-order valence-electron chi connectivity index (χ3n) is 5.10. The van der Waals surface area contributed by atoms with Gasteiger partial charge in [-0.3, -0.25) is 14.9 Å². The average Bonchev–Trinajstić information content (AvgIpc) is 3.20. The summed E-state index contributed by atoms with van der Waals surface area (Å²) >= 11 is 1.15. The maximum absolute atomic E-state index is 12.6. The molecule has 2 aliphatic rings. The van der Waals surface area contributed by atoms with Crippen molar-refractivity contribution in [3.8, 4) is 0 Å². The first-order valence-electron chi connectivity index (χ1n) is 8.87. The van der Waals surface area contributed by atoms with Gasteiger partial charge in [0.25, 0.3) is 11.6 Å². The summed E-state index contributed by atoms with van der Waals surface area (Å²) in [5, 5.41) is 26.3. The molecule has 0 radical (unpaired) electrons. The quantitative estimate of drug-likeness (QED) is 0.594. The number of benzene rings is 1. The number of aryl methyl sites for hydroxylation is 1. The summed E-state index contributed by atoms with van der Waals surface area (Å²) in [7, 11) is 1.77. The number of fused-ring (bicyclic) bond motifs is 2. The van der Waals surface area contributed by atoms with E-state index in [4.69, 9.17) is 0 Å². The van der Waals surface area contributed by atoms with Crippen molar-refractivity contribution >= 4 is 23.4 Å². The Morgan fingerprint density at radius 2 is 2.11 bits per heavy atom. The number of nitro benzene ring substituents is 1. The third kappa shape index (κ3) is 3.81. The zero-order chi connectivity index (χ0) is 19.0. The van der Waals surface area contributed by atoms with Crippen molar-refractivity contribution < 1.29 is 9.72 Å². The molecule has 2 N–H and O–H groups in total. The molecule has 2 bridgehead atoms. The second-order valence-corrected chi connectivity index (χ2v) is 8.05. The van der Waals surface area contributed by atoms with E-state index in [1.165, 1.54) is 12.4 Å². The zero-order valence-electron chi connectivity index (χ0n) is 14.8. The molecule has 1 amide bonds. The Morgan fingerprint density at radius 1 is 1.37 bits per heavy atom. The number of hydrogen-bond acceptors (Lipinski definition) is 7. The molecule has 2 aromatic rings. The molecule has 2 atom stereocenters. The molecule has 0 aliphatic carbocycles. The molecule has 2 fully saturated rings. The molecule has 2 saturated heterocycles. The third-order valence-corrected chi connectivity index (χ3v) is 6.21. The summed E-state index contributed by atoms with van der Waals surface area (Å²) in [5.41, 5.74) is 0.191. The van der Waals surface area contributed by atoms with Gasteiger partial charge in [-0.05, 0) is 49.6 Å². The van der Waals surface area contributed by atoms with E-state index in [9.17, 15) is 14.9 Å². The number of carbonyl (C=O) groups excluding carboxylic acids is 1. The summed E-state index contributed by atoms with van der Waals surface area (Å²) < 4.78 is 1.68. The molecule has 1 aromatic heterocycles. The lowest BCUT2D eigenvalue weighted by molar-refractivity contribution is -0.387. The molecule has 2 aliphatic heterocycles. The minimum atomic E-state index is -0.472. The van der Waals surface area contributed by atoms with Crippen molar-refractivity contribution in [3.05, 3.63) is 40.2 Å². The van der Waals surface area contributed by atoms with Gasteiger partial charge < -0.3 is 15.2 Å². The molecule has 9 nitrogen and oxygen atoms in total. The van der Waals surface area contributed by atoms with Crippen LogP contribution in [-0.2, 0) is 7.05 Å². The monoisotopic (exact) mass is 388 g/mol. The van der Waals surface area contributed by atoms with E-state index in [1.54, 1.807) is 23.7 Å². The van der Waals surface area contributed by atoms with Crippen LogP contribution in [0.4, 0.5) is 5.69 Å². The number of nitrogens with zero attached hydrogens (tertiary/aromatic N) is 4. The number of nitrogens with one attached hydrogen (secondary N) is 2. The number of aromatic nitrogens is 3. The molecule has 1 aromatic carbocycles. The Bertz CT molecular complexity index is 873. The van der Waals surface area contributed by atoms with Crippen molar-refractivity contribution in [2.24, 2.45) is 7.05 Å². The molecule has 142 valence electrons. The summed E-state index contributed by atoms with van der Waals surface area (Å²) in [6, 6.07) is 5.60. The predicted octanol–water partition coefficient (Wildman–Crippen LogP) is 1.89. The molecule has 2 unspecified atom stereocenters. The smallest absolute Gasteiger partial charge is 0.284 e. The van der Waals surface area contributed by atoms with Crippen molar-refractivity contribution in [1.82, 2.24) is 25.4 Å². The first-order chi connectivity index (χ1) is 13.0. The van der Waals surface area contributed by atoms with E-state index in [1.807, 2.05) is 0 Å². The number of nitro groups is 1. The van der Waals surface area contributed by atoms with Gasteiger partial charge in [0.15, 0.2) is 5.16 Å². The van der Waals surface area contributed by atoms with Crippen molar-refractivity contribution in [2.45, 2.75) is 53.9 Å². The second-order valence-electron chi connectivity index (χ2n) is 7.05. The molecule has 27 heavy (non-hydrogen) atoms. The molecule has 3 heterocycles. The highest BCUT2D eigenvalue weighted by Gasteiger charge is 2.34. The molecule has 0 saturated carbocycles. The summed E-state index contributed by atoms with van der Waals surface area (Å²) in [4.78, 5) is 24.1. The minimum Gasteiger partial charge on any atom is -0.349 e. The van der Waals surface area contributed by atoms with E-state index in [-0.39, 0.29) is 17.6 Å². The van der Waals surface area contributed by atoms with Crippen LogP contribution in [0.1, 0.15) is 36.0 Å². The zero-order valence-corrected chi connectivity index (χ0v) is 15.6. The topological polar surface area (TPSA) is 115 Å². The Labute approximate surface area is 160 Å². The molecule has 0 spiro atoms. The van der Waals surface area contributed by atoms with E-state index >= 15 is 0 Å². The van der Waals surface area contributed by atoms with Crippen LogP contribution in [0.25, 0.3) is 0 Å². The number of hydrogen-bond donors (Lipinski definition) is 2. The van der Waals surface area contributed by atoms with Crippen LogP contribution in [0, 0.1) is 10.1 Å². The summed E-state index contributed by atoms with van der Waals surface area (Å²) in [6.45, 7) is 0. The molecule has 10 heteroatoms. The number of amides is 1. The number of piperidine rings is 1. The second kappa shape index (κ2) is 7.28. The van der Waals surface area contributed by atoms with Gasteiger partial charge in [0, 0.05) is 36.8 Å². The van der Waals surface area contributed by atoms with Crippen molar-refractivity contribution in [3.63, 3.8) is 0 Å². The van der Waals surface area contributed by atoms with Gasteiger partial charge >= 0.3 is 0 Å². The van der Waals surface area contributed by atoms with Gasteiger partial charge in [0.2, 0.25) is 0 Å². The summed E-state index contributed by atoms with van der Waals surface area (Å²) in [5.74, 6) is -0.264. The Balaban J connectivity index is 1.51. The van der Waals surface area contributed by atoms with Crippen molar-refractivity contribution in [1.29, 1.82) is 0 Å². The Morgan fingerprint density at radius 3 is 2.74 bits per heavy atom. The number of carbonyl (C=O) groups is 1. The maximum Gasteiger partial charge on any atom is 0.284 e. The average molecular weight is 388 g/mol. The van der Waals surface area contributed by atoms with E-state index < -0.39 is 4.92 Å². The minimum absolute atomic E-state index is 0.110. The fourth-order valence-electron chi connectivity index (χ4n) is 3.79. The predicted molar refractivity (Wildman–Crippen MR) is 98.7 cm³/mol. The normalized spacial score (nSPS) is 24.0. The van der Waals surface area contributed by atoms with Gasteiger partial charge in [0.1, 0.15) is 6.33 Å². The van der Waals surface area contributed by atoms with Gasteiger partial charge in [-0.25, -0.2) is 0 Å². The lowest BCUT2D eigenvalue weighted by atomic mass is 9.99. The highest BCUT2D eigenvalue weighted by Crippen LogP contribution is 2.34. The Hall–Kier alpha value is -2.46. The van der Waals surface area contributed by atoms with Crippen LogP contribution >= 0.6 is 11.8 Å².